The Morgan fingerprint density at radius 3 is 1.84 bits per heavy atom. The minimum Gasteiger partial charge on any atom is -0.455 e. The first-order chi connectivity index (χ1) is 27.3. The molecule has 0 aliphatic carbocycles. The van der Waals surface area contributed by atoms with E-state index >= 15 is 0 Å². The topological polar surface area (TPSA) is 47.1 Å². The zero-order chi connectivity index (χ0) is 36.3. The van der Waals surface area contributed by atoms with Crippen LogP contribution in [0.5, 0.6) is 0 Å². The zero-order valence-electron chi connectivity index (χ0n) is 29.7. The first-order valence-corrected chi connectivity index (χ1v) is 18.5. The van der Waals surface area contributed by atoms with Crippen LogP contribution in [0.15, 0.2) is 199 Å². The Balaban J connectivity index is 1.24. The Morgan fingerprint density at radius 1 is 0.436 bits per heavy atom. The van der Waals surface area contributed by atoms with Gasteiger partial charge < -0.3 is 13.9 Å². The van der Waals surface area contributed by atoms with Gasteiger partial charge in [0, 0.05) is 55.4 Å². The molecule has 3 aromatic heterocycles. The molecular formula is C50H32N4O. The number of para-hydroxylation sites is 5. The third kappa shape index (κ3) is 5.09. The lowest BCUT2D eigenvalue weighted by Gasteiger charge is -2.27. The second kappa shape index (κ2) is 12.6. The fourth-order valence-corrected chi connectivity index (χ4v) is 8.12. The molecule has 0 N–H and O–H groups in total. The SMILES string of the molecule is c1ccc(-c2nc(-c3cc(N(c4ccccc4)c4ccccc4)cc(-n4c5ccccc5c5c6oc7ccccc7c6ccc54)c3)nc3ccccc23)cc1. The zero-order valence-corrected chi connectivity index (χ0v) is 29.7. The van der Waals surface area contributed by atoms with Gasteiger partial charge in [-0.05, 0) is 72.8 Å². The largest absolute Gasteiger partial charge is 0.455 e. The standard InChI is InChI=1S/C50H32N4O/c1-4-16-33(17-5-1)48-41-23-10-13-25-43(41)51-50(52-48)34-30-37(53(35-18-6-2-7-19-35)36-20-8-3-9-21-36)32-38(31-34)54-44-26-14-11-24-42(44)47-45(54)29-28-40-39-22-12-15-27-46(39)55-49(40)47/h1-32H. The van der Waals surface area contributed by atoms with Crippen molar-refractivity contribution in [1.29, 1.82) is 0 Å². The van der Waals surface area contributed by atoms with Gasteiger partial charge in [0.25, 0.3) is 0 Å². The summed E-state index contributed by atoms with van der Waals surface area (Å²) < 4.78 is 9.01. The maximum atomic E-state index is 6.65. The number of anilines is 3. The molecule has 0 unspecified atom stereocenters. The van der Waals surface area contributed by atoms with Crippen molar-refractivity contribution in [3.8, 4) is 28.3 Å². The molecule has 0 atom stereocenters. The number of benzene rings is 8. The van der Waals surface area contributed by atoms with E-state index in [1.807, 2.05) is 24.3 Å². The summed E-state index contributed by atoms with van der Waals surface area (Å²) in [6.45, 7) is 0. The van der Waals surface area contributed by atoms with Gasteiger partial charge in [-0.1, -0.05) is 121 Å². The molecule has 11 rings (SSSR count). The van der Waals surface area contributed by atoms with Crippen LogP contribution >= 0.6 is 0 Å². The third-order valence-corrected chi connectivity index (χ3v) is 10.5. The molecule has 5 nitrogen and oxygen atoms in total. The molecule has 55 heavy (non-hydrogen) atoms. The number of rotatable bonds is 6. The minimum absolute atomic E-state index is 0.655. The van der Waals surface area contributed by atoms with Gasteiger partial charge in [-0.2, -0.15) is 0 Å². The van der Waals surface area contributed by atoms with E-state index in [0.717, 1.165) is 94.2 Å². The summed E-state index contributed by atoms with van der Waals surface area (Å²) in [6, 6.07) is 67.7. The quantitative estimate of drug-likeness (QED) is 0.173. The Bertz CT molecular complexity index is 3160. The summed E-state index contributed by atoms with van der Waals surface area (Å²) >= 11 is 0. The van der Waals surface area contributed by atoms with Crippen molar-refractivity contribution in [2.75, 3.05) is 4.90 Å². The van der Waals surface area contributed by atoms with E-state index in [1.54, 1.807) is 0 Å². The maximum absolute atomic E-state index is 6.65. The first-order valence-electron chi connectivity index (χ1n) is 18.5. The van der Waals surface area contributed by atoms with E-state index in [4.69, 9.17) is 14.4 Å². The average molecular weight is 705 g/mol. The van der Waals surface area contributed by atoms with Crippen molar-refractivity contribution in [2.24, 2.45) is 0 Å². The van der Waals surface area contributed by atoms with Crippen LogP contribution in [0.25, 0.3) is 83.0 Å². The van der Waals surface area contributed by atoms with Crippen molar-refractivity contribution >= 4 is 71.7 Å². The van der Waals surface area contributed by atoms with Crippen LogP contribution in [-0.2, 0) is 0 Å². The van der Waals surface area contributed by atoms with Gasteiger partial charge in [0.05, 0.1) is 27.6 Å². The molecule has 11 aromatic rings. The molecular weight excluding hydrogens is 673 g/mol. The molecule has 0 aliphatic rings. The number of hydrogen-bond donors (Lipinski definition) is 0. The van der Waals surface area contributed by atoms with E-state index < -0.39 is 0 Å². The molecule has 5 heteroatoms. The number of furan rings is 1. The van der Waals surface area contributed by atoms with Crippen LogP contribution in [0.3, 0.4) is 0 Å². The van der Waals surface area contributed by atoms with E-state index in [0.29, 0.717) is 5.82 Å². The van der Waals surface area contributed by atoms with E-state index in [-0.39, 0.29) is 0 Å². The lowest BCUT2D eigenvalue weighted by molar-refractivity contribution is 0.673. The second-order valence-corrected chi connectivity index (χ2v) is 13.8. The van der Waals surface area contributed by atoms with Gasteiger partial charge in [-0.3, -0.25) is 0 Å². The van der Waals surface area contributed by atoms with Gasteiger partial charge in [-0.15, -0.1) is 0 Å². The number of fused-ring (bicyclic) bond motifs is 8. The Morgan fingerprint density at radius 2 is 1.07 bits per heavy atom. The van der Waals surface area contributed by atoms with Crippen LogP contribution in [-0.4, -0.2) is 14.5 Å². The van der Waals surface area contributed by atoms with Gasteiger partial charge >= 0.3 is 0 Å². The van der Waals surface area contributed by atoms with Crippen LogP contribution in [0.2, 0.25) is 0 Å². The molecule has 0 saturated carbocycles. The molecule has 0 bridgehead atoms. The molecule has 0 aliphatic heterocycles. The van der Waals surface area contributed by atoms with E-state index in [9.17, 15) is 0 Å². The monoisotopic (exact) mass is 704 g/mol. The molecule has 0 saturated heterocycles. The number of nitrogens with zero attached hydrogens (tertiary/aromatic N) is 4. The van der Waals surface area contributed by atoms with Gasteiger partial charge in [-0.25, -0.2) is 9.97 Å². The molecule has 0 amide bonds. The van der Waals surface area contributed by atoms with E-state index in [2.05, 4.69) is 179 Å². The van der Waals surface area contributed by atoms with Crippen molar-refractivity contribution < 1.29 is 4.42 Å². The van der Waals surface area contributed by atoms with Crippen molar-refractivity contribution in [2.45, 2.75) is 0 Å². The highest BCUT2D eigenvalue weighted by Crippen LogP contribution is 2.43. The lowest BCUT2D eigenvalue weighted by Crippen LogP contribution is -2.11. The average Bonchev–Trinajstić information content (AvgIpc) is 3.80. The summed E-state index contributed by atoms with van der Waals surface area (Å²) in [4.78, 5) is 12.9. The highest BCUT2D eigenvalue weighted by atomic mass is 16.3. The lowest BCUT2D eigenvalue weighted by atomic mass is 10.0. The molecule has 0 radical (unpaired) electrons. The van der Waals surface area contributed by atoms with Gasteiger partial charge in [0.15, 0.2) is 5.82 Å². The first kappa shape index (κ1) is 31.1. The third-order valence-electron chi connectivity index (χ3n) is 10.5. The van der Waals surface area contributed by atoms with Crippen molar-refractivity contribution in [3.63, 3.8) is 0 Å². The predicted molar refractivity (Wildman–Crippen MR) is 227 cm³/mol. The molecule has 0 fully saturated rings. The summed E-state index contributed by atoms with van der Waals surface area (Å²) in [6.07, 6.45) is 0. The highest BCUT2D eigenvalue weighted by molar-refractivity contribution is 6.23. The van der Waals surface area contributed by atoms with Crippen LogP contribution in [0, 0.1) is 0 Å². The Hall–Kier alpha value is -7.50. The summed E-state index contributed by atoms with van der Waals surface area (Å²) in [7, 11) is 0. The molecule has 8 aromatic carbocycles. The van der Waals surface area contributed by atoms with Crippen LogP contribution < -0.4 is 4.90 Å². The smallest absolute Gasteiger partial charge is 0.160 e. The second-order valence-electron chi connectivity index (χ2n) is 13.8. The van der Waals surface area contributed by atoms with Crippen LogP contribution in [0.1, 0.15) is 0 Å². The van der Waals surface area contributed by atoms with E-state index in [1.165, 1.54) is 0 Å². The van der Waals surface area contributed by atoms with Gasteiger partial charge in [0.1, 0.15) is 11.2 Å². The molecule has 0 spiro atoms. The van der Waals surface area contributed by atoms with Crippen LogP contribution in [0.4, 0.5) is 17.1 Å². The number of aromatic nitrogens is 3. The normalized spacial score (nSPS) is 11.6. The predicted octanol–water partition coefficient (Wildman–Crippen LogP) is 13.4. The summed E-state index contributed by atoms with van der Waals surface area (Å²) in [5.74, 6) is 0.655. The Labute approximate surface area is 317 Å². The Kier molecular flexibility index (Phi) is 7.10. The van der Waals surface area contributed by atoms with Crippen molar-refractivity contribution in [1.82, 2.24) is 14.5 Å². The summed E-state index contributed by atoms with van der Waals surface area (Å²) in [5, 5.41) is 5.46. The molecule has 3 heterocycles. The number of hydrogen-bond acceptors (Lipinski definition) is 4. The fraction of sp³-hybridized carbons (Fsp3) is 0. The van der Waals surface area contributed by atoms with Gasteiger partial charge in [0.2, 0.25) is 0 Å². The minimum atomic E-state index is 0.655. The fourth-order valence-electron chi connectivity index (χ4n) is 8.12. The summed E-state index contributed by atoms with van der Waals surface area (Å²) in [5.41, 5.74) is 11.7. The molecule has 258 valence electrons. The maximum Gasteiger partial charge on any atom is 0.160 e. The highest BCUT2D eigenvalue weighted by Gasteiger charge is 2.22. The van der Waals surface area contributed by atoms with Crippen molar-refractivity contribution in [3.05, 3.63) is 194 Å².